The summed E-state index contributed by atoms with van der Waals surface area (Å²) in [4.78, 5) is 25.4. The van der Waals surface area contributed by atoms with E-state index in [0.29, 0.717) is 30.5 Å². The molecule has 0 unspecified atom stereocenters. The maximum Gasteiger partial charge on any atom is 0.420 e. The molecule has 5 nitrogen and oxygen atoms in total. The van der Waals surface area contributed by atoms with Crippen LogP contribution in [0.25, 0.3) is 11.1 Å². The van der Waals surface area contributed by atoms with Crippen LogP contribution < -0.4 is 11.1 Å². The Bertz CT molecular complexity index is 1060. The smallest absolute Gasteiger partial charge is 0.408 e. The summed E-state index contributed by atoms with van der Waals surface area (Å²) in [5.41, 5.74) is 1.24. The van der Waals surface area contributed by atoms with Gasteiger partial charge in [-0.05, 0) is 49.6 Å². The van der Waals surface area contributed by atoms with E-state index in [4.69, 9.17) is 4.42 Å². The Morgan fingerprint density at radius 1 is 1.21 bits per heavy atom. The van der Waals surface area contributed by atoms with Crippen LogP contribution in [0.2, 0.25) is 0 Å². The van der Waals surface area contributed by atoms with Crippen LogP contribution in [-0.2, 0) is 16.8 Å². The third kappa shape index (κ3) is 3.23. The molecule has 1 heterocycles. The van der Waals surface area contributed by atoms with Gasteiger partial charge in [0.05, 0.1) is 10.9 Å². The van der Waals surface area contributed by atoms with E-state index < -0.39 is 11.2 Å². The van der Waals surface area contributed by atoms with Gasteiger partial charge in [-0.1, -0.05) is 37.1 Å². The molecule has 1 saturated carbocycles. The first-order chi connectivity index (χ1) is 13.5. The fourth-order valence-corrected chi connectivity index (χ4v) is 4.28. The van der Waals surface area contributed by atoms with E-state index in [1.54, 1.807) is 12.1 Å². The first kappa shape index (κ1) is 18.5. The quantitative estimate of drug-likeness (QED) is 0.731. The molecule has 0 bridgehead atoms. The van der Waals surface area contributed by atoms with Crippen molar-refractivity contribution >= 4 is 17.0 Å². The zero-order valence-corrected chi connectivity index (χ0v) is 15.8. The van der Waals surface area contributed by atoms with Gasteiger partial charge in [-0.2, -0.15) is 0 Å². The van der Waals surface area contributed by atoms with Crippen LogP contribution in [0.3, 0.4) is 0 Å². The number of hydrogen-bond donors (Lipinski definition) is 1. The summed E-state index contributed by atoms with van der Waals surface area (Å²) in [5.74, 6) is -0.881. The van der Waals surface area contributed by atoms with Crippen molar-refractivity contribution in [3.8, 4) is 0 Å². The van der Waals surface area contributed by atoms with Crippen molar-refractivity contribution in [1.82, 2.24) is 9.88 Å². The van der Waals surface area contributed by atoms with Crippen LogP contribution in [0.5, 0.6) is 0 Å². The topological polar surface area (TPSA) is 64.2 Å². The van der Waals surface area contributed by atoms with Crippen molar-refractivity contribution in [3.05, 3.63) is 70.5 Å². The van der Waals surface area contributed by atoms with Gasteiger partial charge in [-0.3, -0.25) is 9.36 Å². The minimum Gasteiger partial charge on any atom is -0.408 e. The highest BCUT2D eigenvalue weighted by Gasteiger charge is 2.43. The maximum atomic E-state index is 13.8. The van der Waals surface area contributed by atoms with Crippen LogP contribution >= 0.6 is 0 Å². The summed E-state index contributed by atoms with van der Waals surface area (Å²) in [6, 6.07) is 13.3. The average molecular weight is 382 g/mol. The van der Waals surface area contributed by atoms with E-state index in [1.807, 2.05) is 31.2 Å². The number of benzene rings is 2. The molecule has 4 rings (SSSR count). The molecule has 1 amide bonds. The number of nitrogens with zero attached hydrogens (tertiary/aromatic N) is 1. The average Bonchev–Trinajstić information content (AvgIpc) is 3.28. The predicted octanol–water partition coefficient (Wildman–Crippen LogP) is 3.75. The summed E-state index contributed by atoms with van der Waals surface area (Å²) < 4.78 is 20.6. The number of carbonyl (C=O) groups excluding carboxylic acids is 1. The van der Waals surface area contributed by atoms with Crippen LogP contribution in [0.4, 0.5) is 4.39 Å². The fraction of sp³-hybridized carbons (Fsp3) is 0.364. The van der Waals surface area contributed by atoms with Gasteiger partial charge in [0, 0.05) is 12.6 Å². The summed E-state index contributed by atoms with van der Waals surface area (Å²) in [7, 11) is 0. The molecule has 3 aromatic rings. The molecule has 1 fully saturated rings. The van der Waals surface area contributed by atoms with Gasteiger partial charge in [0.25, 0.3) is 0 Å². The van der Waals surface area contributed by atoms with Crippen molar-refractivity contribution in [2.75, 3.05) is 0 Å². The highest BCUT2D eigenvalue weighted by molar-refractivity contribution is 5.88. The van der Waals surface area contributed by atoms with Crippen molar-refractivity contribution in [3.63, 3.8) is 0 Å². The number of aromatic nitrogens is 1. The third-order valence-corrected chi connectivity index (χ3v) is 5.68. The molecule has 146 valence electrons. The van der Waals surface area contributed by atoms with Crippen LogP contribution in [0, 0.1) is 5.82 Å². The molecule has 1 N–H and O–H groups in total. The summed E-state index contributed by atoms with van der Waals surface area (Å²) >= 11 is 0. The number of carbonyl (C=O) groups is 1. The number of oxazole rings is 1. The Morgan fingerprint density at radius 3 is 2.71 bits per heavy atom. The molecule has 1 aliphatic carbocycles. The zero-order chi connectivity index (χ0) is 19.7. The number of halogens is 1. The highest BCUT2D eigenvalue weighted by atomic mass is 19.1. The maximum absolute atomic E-state index is 13.8. The first-order valence-electron chi connectivity index (χ1n) is 9.65. The van der Waals surface area contributed by atoms with Gasteiger partial charge < -0.3 is 9.73 Å². The lowest BCUT2D eigenvalue weighted by molar-refractivity contribution is -0.127. The fourth-order valence-electron chi connectivity index (χ4n) is 4.28. The monoisotopic (exact) mass is 382 g/mol. The normalized spacial score (nSPS) is 16.9. The van der Waals surface area contributed by atoms with Gasteiger partial charge in [0.15, 0.2) is 5.58 Å². The largest absolute Gasteiger partial charge is 0.420 e. The van der Waals surface area contributed by atoms with Crippen molar-refractivity contribution in [1.29, 1.82) is 0 Å². The van der Waals surface area contributed by atoms with Crippen molar-refractivity contribution in [2.45, 2.75) is 50.6 Å². The number of fused-ring (bicyclic) bond motifs is 1. The minimum atomic E-state index is -0.709. The Kier molecular flexibility index (Phi) is 4.79. The second kappa shape index (κ2) is 7.26. The summed E-state index contributed by atoms with van der Waals surface area (Å²) in [6.07, 6.45) is 3.27. The lowest BCUT2D eigenvalue weighted by Crippen LogP contribution is -2.47. The summed E-state index contributed by atoms with van der Waals surface area (Å²) in [6.45, 7) is 2.17. The molecule has 2 aromatic carbocycles. The molecule has 0 radical (unpaired) electrons. The molecular weight excluding hydrogens is 359 g/mol. The Hall–Kier alpha value is -2.89. The number of nitrogens with one attached hydrogen (secondary N) is 1. The van der Waals surface area contributed by atoms with Gasteiger partial charge in [0.1, 0.15) is 5.82 Å². The van der Waals surface area contributed by atoms with Gasteiger partial charge in [-0.25, -0.2) is 9.18 Å². The predicted molar refractivity (Wildman–Crippen MR) is 105 cm³/mol. The van der Waals surface area contributed by atoms with E-state index in [2.05, 4.69) is 5.32 Å². The first-order valence-corrected chi connectivity index (χ1v) is 9.65. The van der Waals surface area contributed by atoms with E-state index in [9.17, 15) is 14.0 Å². The van der Waals surface area contributed by atoms with Crippen molar-refractivity contribution in [2.24, 2.45) is 0 Å². The molecule has 0 saturated heterocycles. The van der Waals surface area contributed by atoms with Gasteiger partial charge >= 0.3 is 5.76 Å². The van der Waals surface area contributed by atoms with Crippen molar-refractivity contribution < 1.29 is 13.6 Å². The van der Waals surface area contributed by atoms with Crippen LogP contribution in [0.1, 0.15) is 38.2 Å². The molecule has 6 heteroatoms. The molecule has 1 aromatic heterocycles. The van der Waals surface area contributed by atoms with Crippen LogP contribution in [0.15, 0.2) is 57.7 Å². The molecule has 0 aliphatic heterocycles. The molecular formula is C22H23FN2O3. The van der Waals surface area contributed by atoms with E-state index in [-0.39, 0.29) is 17.8 Å². The number of amides is 1. The Balaban J connectivity index is 1.56. The Labute approximate surface area is 162 Å². The number of hydrogen-bond acceptors (Lipinski definition) is 3. The number of para-hydroxylation sites is 2. The lowest BCUT2D eigenvalue weighted by atomic mass is 9.77. The minimum absolute atomic E-state index is 0.107. The molecule has 1 aliphatic rings. The second-order valence-electron chi connectivity index (χ2n) is 7.62. The molecule has 0 spiro atoms. The van der Waals surface area contributed by atoms with E-state index in [0.717, 1.165) is 18.4 Å². The number of rotatable bonds is 5. The Morgan fingerprint density at radius 2 is 1.96 bits per heavy atom. The molecule has 28 heavy (non-hydrogen) atoms. The zero-order valence-electron chi connectivity index (χ0n) is 15.8. The second-order valence-corrected chi connectivity index (χ2v) is 7.62. The van der Waals surface area contributed by atoms with E-state index in [1.165, 1.54) is 16.7 Å². The SMILES string of the molecule is C[C@H](Cn1c(=O)oc2ccccc21)NC(=O)C1(c2cccc(F)c2)CCCC1. The summed E-state index contributed by atoms with van der Waals surface area (Å²) in [5, 5.41) is 3.05. The van der Waals surface area contributed by atoms with Gasteiger partial charge in [0.2, 0.25) is 5.91 Å². The molecule has 1 atom stereocenters. The standard InChI is InChI=1S/C22H23FN2O3/c1-15(14-25-18-9-2-3-10-19(18)28-21(25)27)24-20(26)22(11-4-5-12-22)16-7-6-8-17(23)13-16/h2-3,6-10,13,15H,4-5,11-12,14H2,1H3,(H,24,26)/t15-/m1/s1. The van der Waals surface area contributed by atoms with E-state index >= 15 is 0 Å². The third-order valence-electron chi connectivity index (χ3n) is 5.68. The van der Waals surface area contributed by atoms with Gasteiger partial charge in [-0.15, -0.1) is 0 Å². The lowest BCUT2D eigenvalue weighted by Gasteiger charge is -2.30. The van der Waals surface area contributed by atoms with Crippen LogP contribution in [-0.4, -0.2) is 16.5 Å². The highest BCUT2D eigenvalue weighted by Crippen LogP contribution is 2.41.